The van der Waals surface area contributed by atoms with Crippen molar-refractivity contribution < 1.29 is 13.2 Å². The summed E-state index contributed by atoms with van der Waals surface area (Å²) in [5, 5.41) is 11.4. The van der Waals surface area contributed by atoms with E-state index in [9.17, 15) is 13.2 Å². The Kier molecular flexibility index (Phi) is 5.88. The largest absolute Gasteiger partial charge is 0.322 e. The molecule has 1 aromatic heterocycles. The van der Waals surface area contributed by atoms with Crippen molar-refractivity contribution in [3.05, 3.63) is 63.6 Å². The van der Waals surface area contributed by atoms with Gasteiger partial charge in [0.15, 0.2) is 0 Å². The van der Waals surface area contributed by atoms with Gasteiger partial charge in [0.2, 0.25) is 5.13 Å². The van der Waals surface area contributed by atoms with Gasteiger partial charge in [-0.2, -0.15) is 0 Å². The highest BCUT2D eigenvalue weighted by Crippen LogP contribution is 2.22. The Morgan fingerprint density at radius 1 is 1.11 bits per heavy atom. The number of sulfonamides is 1. The van der Waals surface area contributed by atoms with Gasteiger partial charge in [-0.25, -0.2) is 8.42 Å². The number of nitrogens with zero attached hydrogens (tertiary/aromatic N) is 2. The third-order valence-electron chi connectivity index (χ3n) is 3.53. The summed E-state index contributed by atoms with van der Waals surface area (Å²) < 4.78 is 27.9. The first-order valence-electron chi connectivity index (χ1n) is 7.90. The van der Waals surface area contributed by atoms with Crippen molar-refractivity contribution in [3.63, 3.8) is 0 Å². The molecule has 0 bridgehead atoms. The number of aromatic nitrogens is 2. The van der Waals surface area contributed by atoms with E-state index in [-0.39, 0.29) is 15.9 Å². The van der Waals surface area contributed by atoms with Crippen molar-refractivity contribution in [2.75, 3.05) is 10.0 Å². The number of carbonyl (C=O) groups excluding carboxylic acids is 1. The summed E-state index contributed by atoms with van der Waals surface area (Å²) in [7, 11) is -3.77. The fourth-order valence-electron chi connectivity index (χ4n) is 2.17. The molecule has 27 heavy (non-hydrogen) atoms. The van der Waals surface area contributed by atoms with Crippen LogP contribution in [0.1, 0.15) is 22.3 Å². The van der Waals surface area contributed by atoms with Crippen molar-refractivity contribution in [1.29, 1.82) is 0 Å². The number of hydrogen-bond donors (Lipinski definition) is 2. The Bertz CT molecular complexity index is 1070. The molecule has 10 heteroatoms. The SMILES string of the molecule is CCc1nnc(NS(=O)(=O)c2ccc(NC(=O)c3ccccc3Br)cc2)s1. The summed E-state index contributed by atoms with van der Waals surface area (Å²) in [6.07, 6.45) is 0.686. The molecule has 0 fully saturated rings. The molecule has 0 unspecified atom stereocenters. The van der Waals surface area contributed by atoms with Gasteiger partial charge in [0.05, 0.1) is 10.5 Å². The van der Waals surface area contributed by atoms with E-state index in [0.717, 1.165) is 5.01 Å². The van der Waals surface area contributed by atoms with Gasteiger partial charge in [-0.3, -0.25) is 9.52 Å². The number of aryl methyl sites for hydroxylation is 1. The average molecular weight is 467 g/mol. The van der Waals surface area contributed by atoms with Gasteiger partial charge in [0.25, 0.3) is 15.9 Å². The van der Waals surface area contributed by atoms with E-state index in [0.29, 0.717) is 22.1 Å². The summed E-state index contributed by atoms with van der Waals surface area (Å²) in [4.78, 5) is 12.4. The molecule has 7 nitrogen and oxygen atoms in total. The fourth-order valence-corrected chi connectivity index (χ4v) is 4.55. The van der Waals surface area contributed by atoms with Crippen molar-refractivity contribution in [2.45, 2.75) is 18.2 Å². The lowest BCUT2D eigenvalue weighted by atomic mass is 10.2. The maximum Gasteiger partial charge on any atom is 0.263 e. The fraction of sp³-hybridized carbons (Fsp3) is 0.118. The smallest absolute Gasteiger partial charge is 0.263 e. The maximum absolute atomic E-state index is 12.4. The number of nitrogens with one attached hydrogen (secondary N) is 2. The summed E-state index contributed by atoms with van der Waals surface area (Å²) >= 11 is 4.52. The minimum absolute atomic E-state index is 0.0645. The first-order chi connectivity index (χ1) is 12.9. The molecule has 0 aliphatic carbocycles. The lowest BCUT2D eigenvalue weighted by Gasteiger charge is -2.08. The highest BCUT2D eigenvalue weighted by atomic mass is 79.9. The molecule has 0 saturated carbocycles. The maximum atomic E-state index is 12.4. The molecular weight excluding hydrogens is 452 g/mol. The molecule has 1 amide bonds. The topological polar surface area (TPSA) is 101 Å². The predicted octanol–water partition coefficient (Wildman–Crippen LogP) is 3.92. The lowest BCUT2D eigenvalue weighted by molar-refractivity contribution is 0.102. The van der Waals surface area contributed by atoms with Crippen LogP contribution in [0.2, 0.25) is 0 Å². The quantitative estimate of drug-likeness (QED) is 0.573. The zero-order chi connectivity index (χ0) is 19.4. The number of halogens is 1. The van der Waals surface area contributed by atoms with E-state index in [4.69, 9.17) is 0 Å². The van der Waals surface area contributed by atoms with E-state index in [2.05, 4.69) is 36.2 Å². The minimum Gasteiger partial charge on any atom is -0.322 e. The molecule has 2 aromatic carbocycles. The molecule has 1 heterocycles. The van der Waals surface area contributed by atoms with Crippen molar-refractivity contribution in [3.8, 4) is 0 Å². The average Bonchev–Trinajstić information content (AvgIpc) is 3.09. The van der Waals surface area contributed by atoms with Crippen molar-refractivity contribution in [2.24, 2.45) is 0 Å². The van der Waals surface area contributed by atoms with Gasteiger partial charge >= 0.3 is 0 Å². The van der Waals surface area contributed by atoms with E-state index >= 15 is 0 Å². The molecule has 0 aliphatic rings. The van der Waals surface area contributed by atoms with Crippen molar-refractivity contribution in [1.82, 2.24) is 10.2 Å². The second-order valence-electron chi connectivity index (χ2n) is 5.42. The Balaban J connectivity index is 1.72. The van der Waals surface area contributed by atoms with Gasteiger partial charge < -0.3 is 5.32 Å². The van der Waals surface area contributed by atoms with Crippen LogP contribution in [0.15, 0.2) is 57.9 Å². The zero-order valence-electron chi connectivity index (χ0n) is 14.1. The number of amides is 1. The summed E-state index contributed by atoms with van der Waals surface area (Å²) in [6, 6.07) is 12.9. The Morgan fingerprint density at radius 3 is 2.44 bits per heavy atom. The highest BCUT2D eigenvalue weighted by molar-refractivity contribution is 9.10. The molecule has 0 saturated heterocycles. The Hall–Kier alpha value is -2.30. The Morgan fingerprint density at radius 2 is 1.81 bits per heavy atom. The zero-order valence-corrected chi connectivity index (χ0v) is 17.4. The molecule has 3 rings (SSSR count). The van der Waals surface area contributed by atoms with Crippen LogP contribution in [-0.4, -0.2) is 24.5 Å². The van der Waals surface area contributed by atoms with E-state index in [1.165, 1.54) is 35.6 Å². The third kappa shape index (κ3) is 4.71. The van der Waals surface area contributed by atoms with Gasteiger partial charge in [-0.15, -0.1) is 10.2 Å². The third-order valence-corrected chi connectivity index (χ3v) is 6.69. The van der Waals surface area contributed by atoms with Crippen LogP contribution in [-0.2, 0) is 16.4 Å². The molecule has 2 N–H and O–H groups in total. The molecule has 0 spiro atoms. The van der Waals surface area contributed by atoms with Crippen LogP contribution in [0.3, 0.4) is 0 Å². The molecule has 0 atom stereocenters. The number of carbonyl (C=O) groups is 1. The van der Waals surface area contributed by atoms with Crippen molar-refractivity contribution >= 4 is 54.0 Å². The highest BCUT2D eigenvalue weighted by Gasteiger charge is 2.17. The summed E-state index contributed by atoms with van der Waals surface area (Å²) in [5.74, 6) is -0.294. The van der Waals surface area contributed by atoms with Crippen LogP contribution in [0.25, 0.3) is 0 Å². The van der Waals surface area contributed by atoms with Crippen LogP contribution < -0.4 is 10.0 Å². The van der Waals surface area contributed by atoms with Crippen LogP contribution in [0, 0.1) is 0 Å². The van der Waals surface area contributed by atoms with Gasteiger partial charge in [-0.1, -0.05) is 30.4 Å². The van der Waals surface area contributed by atoms with Crippen LogP contribution in [0.4, 0.5) is 10.8 Å². The van der Waals surface area contributed by atoms with Crippen LogP contribution in [0.5, 0.6) is 0 Å². The second-order valence-corrected chi connectivity index (χ2v) is 9.02. The molecule has 0 radical (unpaired) electrons. The standard InChI is InChI=1S/C17H15BrN4O3S2/c1-2-15-20-21-17(26-15)22-27(24,25)12-9-7-11(8-10-12)19-16(23)13-5-3-4-6-14(13)18/h3-10H,2H2,1H3,(H,19,23)(H,21,22). The molecule has 0 aliphatic heterocycles. The van der Waals surface area contributed by atoms with Gasteiger partial charge in [0, 0.05) is 10.2 Å². The Labute approximate surface area is 169 Å². The van der Waals surface area contributed by atoms with Gasteiger partial charge in [0.1, 0.15) is 5.01 Å². The second kappa shape index (κ2) is 8.15. The number of hydrogen-bond acceptors (Lipinski definition) is 6. The monoisotopic (exact) mass is 466 g/mol. The summed E-state index contributed by atoms with van der Waals surface area (Å²) in [6.45, 7) is 1.92. The van der Waals surface area contributed by atoms with E-state index in [1.807, 2.05) is 13.0 Å². The van der Waals surface area contributed by atoms with Crippen LogP contribution >= 0.6 is 27.3 Å². The lowest BCUT2D eigenvalue weighted by Crippen LogP contribution is -2.14. The minimum atomic E-state index is -3.77. The van der Waals surface area contributed by atoms with Gasteiger partial charge in [-0.05, 0) is 58.7 Å². The first-order valence-corrected chi connectivity index (χ1v) is 11.0. The first kappa shape index (κ1) is 19.5. The molecular formula is C17H15BrN4O3S2. The molecule has 140 valence electrons. The number of benzene rings is 2. The number of anilines is 2. The van der Waals surface area contributed by atoms with E-state index < -0.39 is 10.0 Å². The van der Waals surface area contributed by atoms with E-state index in [1.54, 1.807) is 18.2 Å². The number of rotatable bonds is 6. The normalized spacial score (nSPS) is 11.2. The predicted molar refractivity (Wildman–Crippen MR) is 109 cm³/mol. The molecule has 3 aromatic rings. The summed E-state index contributed by atoms with van der Waals surface area (Å²) in [5.41, 5.74) is 0.970.